The molecule has 0 aliphatic heterocycles. The average molecular weight is 242 g/mol. The number of anilines is 1. The Hall–Kier alpha value is -1.07. The van der Waals surface area contributed by atoms with Crippen LogP contribution >= 0.6 is 0 Å². The van der Waals surface area contributed by atoms with Gasteiger partial charge in [0.05, 0.1) is 4.90 Å². The van der Waals surface area contributed by atoms with Gasteiger partial charge < -0.3 is 5.32 Å². The summed E-state index contributed by atoms with van der Waals surface area (Å²) in [4.78, 5) is 0.142. The van der Waals surface area contributed by atoms with E-state index >= 15 is 0 Å². The van der Waals surface area contributed by atoms with Crippen molar-refractivity contribution in [3.05, 3.63) is 24.3 Å². The largest absolute Gasteiger partial charge is 0.382 e. The molecule has 0 bridgehead atoms. The van der Waals surface area contributed by atoms with Crippen molar-refractivity contribution >= 4 is 15.7 Å². The van der Waals surface area contributed by atoms with E-state index in [4.69, 9.17) is 5.14 Å². The van der Waals surface area contributed by atoms with Crippen LogP contribution in [0.2, 0.25) is 0 Å². The SMILES string of the molecule is CCC(CC)Nc1cccc(S(N)(=O)=O)c1. The molecule has 0 aliphatic rings. The molecule has 0 atom stereocenters. The quantitative estimate of drug-likeness (QED) is 0.828. The first kappa shape index (κ1) is 13.0. The van der Waals surface area contributed by atoms with E-state index in [1.54, 1.807) is 12.1 Å². The Balaban J connectivity index is 2.91. The fourth-order valence-corrected chi connectivity index (χ4v) is 2.05. The molecule has 0 saturated carbocycles. The van der Waals surface area contributed by atoms with Gasteiger partial charge in [-0.25, -0.2) is 13.6 Å². The van der Waals surface area contributed by atoms with Crippen LogP contribution in [0, 0.1) is 0 Å². The van der Waals surface area contributed by atoms with Crippen molar-refractivity contribution in [1.82, 2.24) is 0 Å². The molecule has 0 saturated heterocycles. The molecule has 5 heteroatoms. The van der Waals surface area contributed by atoms with Crippen LogP contribution in [0.15, 0.2) is 29.2 Å². The summed E-state index contributed by atoms with van der Waals surface area (Å²) in [5.41, 5.74) is 0.792. The second-order valence-corrected chi connectivity index (χ2v) is 5.29. The number of sulfonamides is 1. The monoisotopic (exact) mass is 242 g/mol. The number of hydrogen-bond acceptors (Lipinski definition) is 3. The molecule has 1 rings (SSSR count). The Morgan fingerprint density at radius 2 is 1.94 bits per heavy atom. The van der Waals surface area contributed by atoms with Crippen molar-refractivity contribution in [1.29, 1.82) is 0 Å². The smallest absolute Gasteiger partial charge is 0.238 e. The molecule has 0 amide bonds. The number of rotatable bonds is 5. The van der Waals surface area contributed by atoms with E-state index in [0.717, 1.165) is 18.5 Å². The van der Waals surface area contributed by atoms with Crippen LogP contribution in [0.5, 0.6) is 0 Å². The molecular formula is C11H18N2O2S. The predicted molar refractivity (Wildman–Crippen MR) is 65.8 cm³/mol. The summed E-state index contributed by atoms with van der Waals surface area (Å²) in [5, 5.41) is 8.34. The molecule has 16 heavy (non-hydrogen) atoms. The van der Waals surface area contributed by atoms with E-state index in [2.05, 4.69) is 19.2 Å². The van der Waals surface area contributed by atoms with Crippen LogP contribution in [-0.2, 0) is 10.0 Å². The van der Waals surface area contributed by atoms with Crippen molar-refractivity contribution in [2.75, 3.05) is 5.32 Å². The molecule has 4 nitrogen and oxygen atoms in total. The van der Waals surface area contributed by atoms with Gasteiger partial charge in [0, 0.05) is 11.7 Å². The first-order valence-electron chi connectivity index (χ1n) is 5.36. The lowest BCUT2D eigenvalue weighted by atomic mass is 10.1. The van der Waals surface area contributed by atoms with E-state index in [1.807, 2.05) is 6.07 Å². The van der Waals surface area contributed by atoms with Gasteiger partial charge in [-0.3, -0.25) is 0 Å². The molecule has 0 aliphatic carbocycles. The topological polar surface area (TPSA) is 72.2 Å². The Bertz CT molecular complexity index is 439. The maximum Gasteiger partial charge on any atom is 0.238 e. The minimum Gasteiger partial charge on any atom is -0.382 e. The first-order valence-corrected chi connectivity index (χ1v) is 6.91. The molecule has 1 aromatic carbocycles. The third-order valence-corrected chi connectivity index (χ3v) is 3.43. The minimum atomic E-state index is -3.61. The van der Waals surface area contributed by atoms with Gasteiger partial charge >= 0.3 is 0 Å². The summed E-state index contributed by atoms with van der Waals surface area (Å²) >= 11 is 0. The first-order chi connectivity index (χ1) is 7.47. The molecule has 90 valence electrons. The highest BCUT2D eigenvalue weighted by Crippen LogP contribution is 2.16. The number of hydrogen-bond donors (Lipinski definition) is 2. The van der Waals surface area contributed by atoms with Gasteiger partial charge in [-0.2, -0.15) is 0 Å². The summed E-state index contributed by atoms with van der Waals surface area (Å²) in [5.74, 6) is 0. The Kier molecular flexibility index (Phi) is 4.32. The maximum absolute atomic E-state index is 11.2. The minimum absolute atomic E-state index is 0.142. The standard InChI is InChI=1S/C11H18N2O2S/c1-3-9(4-2)13-10-6-5-7-11(8-10)16(12,14)15/h5-9,13H,3-4H2,1-2H3,(H2,12,14,15). The second-order valence-electron chi connectivity index (χ2n) is 3.73. The zero-order valence-electron chi connectivity index (χ0n) is 9.60. The summed E-state index contributed by atoms with van der Waals surface area (Å²) in [6.45, 7) is 4.18. The Morgan fingerprint density at radius 3 is 2.44 bits per heavy atom. The highest BCUT2D eigenvalue weighted by atomic mass is 32.2. The summed E-state index contributed by atoms with van der Waals surface area (Å²) in [6, 6.07) is 6.94. The summed E-state index contributed by atoms with van der Waals surface area (Å²) in [7, 11) is -3.61. The fourth-order valence-electron chi connectivity index (χ4n) is 1.49. The zero-order chi connectivity index (χ0) is 12.2. The number of nitrogens with one attached hydrogen (secondary N) is 1. The lowest BCUT2D eigenvalue weighted by molar-refractivity contribution is 0.597. The van der Waals surface area contributed by atoms with E-state index in [1.165, 1.54) is 6.07 Å². The Morgan fingerprint density at radius 1 is 1.31 bits per heavy atom. The van der Waals surface area contributed by atoms with Gasteiger partial charge in [0.1, 0.15) is 0 Å². The third kappa shape index (κ3) is 3.50. The fraction of sp³-hybridized carbons (Fsp3) is 0.455. The molecule has 0 fully saturated rings. The molecular weight excluding hydrogens is 224 g/mol. The summed E-state index contributed by atoms with van der Waals surface area (Å²) in [6.07, 6.45) is 1.99. The number of nitrogens with two attached hydrogens (primary N) is 1. The number of primary sulfonamides is 1. The summed E-state index contributed by atoms with van der Waals surface area (Å²) < 4.78 is 22.3. The van der Waals surface area contributed by atoms with Gasteiger partial charge in [-0.05, 0) is 31.0 Å². The third-order valence-electron chi connectivity index (χ3n) is 2.52. The molecule has 0 unspecified atom stereocenters. The Labute approximate surface area is 96.9 Å². The molecule has 0 spiro atoms. The van der Waals surface area contributed by atoms with E-state index in [0.29, 0.717) is 6.04 Å². The lowest BCUT2D eigenvalue weighted by Gasteiger charge is -2.16. The highest BCUT2D eigenvalue weighted by Gasteiger charge is 2.09. The van der Waals surface area contributed by atoms with Crippen LogP contribution in [0.4, 0.5) is 5.69 Å². The average Bonchev–Trinajstić information content (AvgIpc) is 2.25. The van der Waals surface area contributed by atoms with Crippen molar-refractivity contribution in [2.24, 2.45) is 5.14 Å². The van der Waals surface area contributed by atoms with Gasteiger partial charge in [0.15, 0.2) is 0 Å². The van der Waals surface area contributed by atoms with Crippen molar-refractivity contribution in [3.63, 3.8) is 0 Å². The van der Waals surface area contributed by atoms with Gasteiger partial charge in [-0.15, -0.1) is 0 Å². The van der Waals surface area contributed by atoms with Crippen LogP contribution in [0.25, 0.3) is 0 Å². The normalized spacial score (nSPS) is 11.8. The van der Waals surface area contributed by atoms with Crippen LogP contribution < -0.4 is 10.5 Å². The van der Waals surface area contributed by atoms with E-state index in [9.17, 15) is 8.42 Å². The zero-order valence-corrected chi connectivity index (χ0v) is 10.4. The highest BCUT2D eigenvalue weighted by molar-refractivity contribution is 7.89. The molecule has 1 aromatic rings. The lowest BCUT2D eigenvalue weighted by Crippen LogP contribution is -2.18. The van der Waals surface area contributed by atoms with Crippen LogP contribution in [0.3, 0.4) is 0 Å². The van der Waals surface area contributed by atoms with Crippen molar-refractivity contribution < 1.29 is 8.42 Å². The van der Waals surface area contributed by atoms with E-state index in [-0.39, 0.29) is 4.90 Å². The van der Waals surface area contributed by atoms with Crippen molar-refractivity contribution in [3.8, 4) is 0 Å². The van der Waals surface area contributed by atoms with E-state index < -0.39 is 10.0 Å². The van der Waals surface area contributed by atoms with Crippen LogP contribution in [-0.4, -0.2) is 14.5 Å². The molecule has 0 heterocycles. The molecule has 3 N–H and O–H groups in total. The molecule has 0 aromatic heterocycles. The van der Waals surface area contributed by atoms with Crippen LogP contribution in [0.1, 0.15) is 26.7 Å². The second kappa shape index (κ2) is 5.32. The molecule has 0 radical (unpaired) electrons. The van der Waals surface area contributed by atoms with Gasteiger partial charge in [0.25, 0.3) is 0 Å². The van der Waals surface area contributed by atoms with Gasteiger partial charge in [0.2, 0.25) is 10.0 Å². The predicted octanol–water partition coefficient (Wildman–Crippen LogP) is 1.93. The maximum atomic E-state index is 11.2. The van der Waals surface area contributed by atoms with Crippen molar-refractivity contribution in [2.45, 2.75) is 37.6 Å². The van der Waals surface area contributed by atoms with Gasteiger partial charge in [-0.1, -0.05) is 19.9 Å². The number of benzene rings is 1.